The lowest BCUT2D eigenvalue weighted by atomic mass is 10.1. The first kappa shape index (κ1) is 15.7. The Bertz CT molecular complexity index is 507. The van der Waals surface area contributed by atoms with E-state index in [-0.39, 0.29) is 30.2 Å². The van der Waals surface area contributed by atoms with E-state index in [1.807, 2.05) is 0 Å². The first-order chi connectivity index (χ1) is 10.0. The van der Waals surface area contributed by atoms with Crippen molar-refractivity contribution in [1.82, 2.24) is 14.9 Å². The Morgan fingerprint density at radius 1 is 1.38 bits per heavy atom. The van der Waals surface area contributed by atoms with E-state index in [1.165, 1.54) is 19.3 Å². The molecular formula is C14H18ClN3O3. The van der Waals surface area contributed by atoms with Gasteiger partial charge in [0.15, 0.2) is 0 Å². The molecule has 1 aromatic heterocycles. The number of carbonyl (C=O) groups is 2. The molecule has 114 valence electrons. The molecule has 6 nitrogen and oxygen atoms in total. The molecule has 0 aliphatic carbocycles. The van der Waals surface area contributed by atoms with E-state index < -0.39 is 0 Å². The molecule has 2 heterocycles. The summed E-state index contributed by atoms with van der Waals surface area (Å²) in [6.45, 7) is 2.70. The van der Waals surface area contributed by atoms with Gasteiger partial charge in [-0.25, -0.2) is 9.97 Å². The molecule has 0 radical (unpaired) electrons. The lowest BCUT2D eigenvalue weighted by molar-refractivity contribution is -0.135. The topological polar surface area (TPSA) is 72.4 Å². The van der Waals surface area contributed by atoms with Crippen molar-refractivity contribution in [2.24, 2.45) is 0 Å². The maximum absolute atomic E-state index is 12.0. The van der Waals surface area contributed by atoms with Crippen LogP contribution in [-0.2, 0) is 9.59 Å². The standard InChI is InChI=1S/C14H18ClN3O3/c1-10(19)4-5-13(20)18-6-2-3-12(9-18)21-14-16-7-11(15)8-17-14/h7-8,12H,2-6,9H2,1H3. The highest BCUT2D eigenvalue weighted by atomic mass is 35.5. The van der Waals surface area contributed by atoms with Crippen molar-refractivity contribution in [2.75, 3.05) is 13.1 Å². The van der Waals surface area contributed by atoms with Crippen molar-refractivity contribution >= 4 is 23.3 Å². The summed E-state index contributed by atoms with van der Waals surface area (Å²) in [5.41, 5.74) is 0. The minimum atomic E-state index is -0.124. The van der Waals surface area contributed by atoms with Crippen LogP contribution in [0, 0.1) is 0 Å². The fourth-order valence-corrected chi connectivity index (χ4v) is 2.31. The summed E-state index contributed by atoms with van der Waals surface area (Å²) in [5.74, 6) is 0.0262. The molecule has 0 bridgehead atoms. The largest absolute Gasteiger partial charge is 0.458 e. The number of aromatic nitrogens is 2. The summed E-state index contributed by atoms with van der Waals surface area (Å²) < 4.78 is 5.67. The van der Waals surface area contributed by atoms with Gasteiger partial charge in [0.05, 0.1) is 24.0 Å². The number of ether oxygens (including phenoxy) is 1. The normalized spacial score (nSPS) is 18.4. The molecule has 1 saturated heterocycles. The van der Waals surface area contributed by atoms with Crippen molar-refractivity contribution in [1.29, 1.82) is 0 Å². The van der Waals surface area contributed by atoms with Crippen LogP contribution in [0.25, 0.3) is 0 Å². The number of carbonyl (C=O) groups excluding carboxylic acids is 2. The van der Waals surface area contributed by atoms with Crippen LogP contribution in [0.4, 0.5) is 0 Å². The van der Waals surface area contributed by atoms with Crippen LogP contribution >= 0.6 is 11.6 Å². The average molecular weight is 312 g/mol. The lowest BCUT2D eigenvalue weighted by Crippen LogP contribution is -2.44. The van der Waals surface area contributed by atoms with Crippen molar-refractivity contribution in [3.8, 4) is 6.01 Å². The maximum atomic E-state index is 12.0. The zero-order chi connectivity index (χ0) is 15.2. The number of rotatable bonds is 5. The van der Waals surface area contributed by atoms with Crippen LogP contribution in [-0.4, -0.2) is 45.8 Å². The Kier molecular flexibility index (Phi) is 5.50. The quantitative estimate of drug-likeness (QED) is 0.830. The van der Waals surface area contributed by atoms with Crippen molar-refractivity contribution in [2.45, 2.75) is 38.7 Å². The van der Waals surface area contributed by atoms with E-state index in [9.17, 15) is 9.59 Å². The van der Waals surface area contributed by atoms with E-state index in [2.05, 4.69) is 9.97 Å². The predicted molar refractivity (Wildman–Crippen MR) is 77.2 cm³/mol. The number of likely N-dealkylation sites (tertiary alicyclic amines) is 1. The van der Waals surface area contributed by atoms with Gasteiger partial charge >= 0.3 is 6.01 Å². The Morgan fingerprint density at radius 3 is 2.76 bits per heavy atom. The van der Waals surface area contributed by atoms with E-state index >= 15 is 0 Å². The van der Waals surface area contributed by atoms with Gasteiger partial charge in [-0.05, 0) is 19.8 Å². The van der Waals surface area contributed by atoms with Gasteiger partial charge in [-0.15, -0.1) is 0 Å². The first-order valence-corrected chi connectivity index (χ1v) is 7.34. The van der Waals surface area contributed by atoms with Gasteiger partial charge in [0, 0.05) is 19.4 Å². The number of amides is 1. The molecule has 1 amide bonds. The van der Waals surface area contributed by atoms with Crippen molar-refractivity contribution < 1.29 is 14.3 Å². The van der Waals surface area contributed by atoms with Crippen molar-refractivity contribution in [3.63, 3.8) is 0 Å². The van der Waals surface area contributed by atoms with E-state index in [1.54, 1.807) is 4.90 Å². The summed E-state index contributed by atoms with van der Waals surface area (Å²) in [5, 5.41) is 0.451. The number of Topliss-reactive ketones (excluding diaryl/α,β-unsaturated/α-hetero) is 1. The zero-order valence-corrected chi connectivity index (χ0v) is 12.7. The smallest absolute Gasteiger partial charge is 0.316 e. The van der Waals surface area contributed by atoms with Crippen LogP contribution < -0.4 is 4.74 Å². The molecule has 1 aromatic rings. The lowest BCUT2D eigenvalue weighted by Gasteiger charge is -2.32. The second kappa shape index (κ2) is 7.36. The second-order valence-corrected chi connectivity index (χ2v) is 5.54. The summed E-state index contributed by atoms with van der Waals surface area (Å²) in [6, 6.07) is 0.266. The molecule has 21 heavy (non-hydrogen) atoms. The molecule has 0 spiro atoms. The van der Waals surface area contributed by atoms with E-state index in [4.69, 9.17) is 16.3 Å². The minimum absolute atomic E-state index is 0.00414. The molecule has 0 aromatic carbocycles. The Labute approximate surface area is 128 Å². The number of halogens is 1. The van der Waals surface area contributed by atoms with Crippen LogP contribution in [0.15, 0.2) is 12.4 Å². The predicted octanol–water partition coefficient (Wildman–Crippen LogP) is 1.87. The van der Waals surface area contributed by atoms with Gasteiger partial charge in [-0.3, -0.25) is 4.79 Å². The van der Waals surface area contributed by atoms with Crippen LogP contribution in [0.5, 0.6) is 6.01 Å². The van der Waals surface area contributed by atoms with Crippen molar-refractivity contribution in [3.05, 3.63) is 17.4 Å². The highest BCUT2D eigenvalue weighted by Gasteiger charge is 2.25. The number of hydrogen-bond donors (Lipinski definition) is 0. The number of piperidine rings is 1. The molecule has 1 atom stereocenters. The summed E-state index contributed by atoms with van der Waals surface area (Å²) in [7, 11) is 0. The third-order valence-electron chi connectivity index (χ3n) is 3.29. The van der Waals surface area contributed by atoms with Crippen LogP contribution in [0.1, 0.15) is 32.6 Å². The molecule has 1 aliphatic rings. The van der Waals surface area contributed by atoms with Crippen LogP contribution in [0.2, 0.25) is 5.02 Å². The zero-order valence-electron chi connectivity index (χ0n) is 11.9. The number of hydrogen-bond acceptors (Lipinski definition) is 5. The van der Waals surface area contributed by atoms with Gasteiger partial charge in [0.25, 0.3) is 0 Å². The highest BCUT2D eigenvalue weighted by molar-refractivity contribution is 6.30. The molecule has 0 N–H and O–H groups in total. The highest BCUT2D eigenvalue weighted by Crippen LogP contribution is 2.17. The summed E-state index contributed by atoms with van der Waals surface area (Å²) in [6.07, 6.45) is 5.10. The molecular weight excluding hydrogens is 294 g/mol. The Balaban J connectivity index is 1.86. The average Bonchev–Trinajstić information content (AvgIpc) is 2.47. The Hall–Kier alpha value is -1.69. The van der Waals surface area contributed by atoms with Gasteiger partial charge < -0.3 is 14.4 Å². The molecule has 1 aliphatic heterocycles. The van der Waals surface area contributed by atoms with E-state index in [0.717, 1.165) is 12.8 Å². The Morgan fingerprint density at radius 2 is 2.10 bits per heavy atom. The number of nitrogens with zero attached hydrogens (tertiary/aromatic N) is 3. The third kappa shape index (κ3) is 4.97. The monoisotopic (exact) mass is 311 g/mol. The molecule has 1 fully saturated rings. The summed E-state index contributed by atoms with van der Waals surface area (Å²) in [4.78, 5) is 32.7. The SMILES string of the molecule is CC(=O)CCC(=O)N1CCCC(Oc2ncc(Cl)cn2)C1. The molecule has 7 heteroatoms. The first-order valence-electron chi connectivity index (χ1n) is 6.96. The third-order valence-corrected chi connectivity index (χ3v) is 3.49. The molecule has 1 unspecified atom stereocenters. The van der Waals surface area contributed by atoms with E-state index in [0.29, 0.717) is 24.5 Å². The summed E-state index contributed by atoms with van der Waals surface area (Å²) >= 11 is 5.72. The minimum Gasteiger partial charge on any atom is -0.458 e. The molecule has 0 saturated carbocycles. The maximum Gasteiger partial charge on any atom is 0.316 e. The van der Waals surface area contributed by atoms with Gasteiger partial charge in [-0.1, -0.05) is 11.6 Å². The second-order valence-electron chi connectivity index (χ2n) is 5.11. The molecule has 2 rings (SSSR count). The van der Waals surface area contributed by atoms with Crippen LogP contribution in [0.3, 0.4) is 0 Å². The fraction of sp³-hybridized carbons (Fsp3) is 0.571. The van der Waals surface area contributed by atoms with Gasteiger partial charge in [-0.2, -0.15) is 0 Å². The van der Waals surface area contributed by atoms with Gasteiger partial charge in [0.2, 0.25) is 5.91 Å². The van der Waals surface area contributed by atoms with Gasteiger partial charge in [0.1, 0.15) is 11.9 Å². The fourth-order valence-electron chi connectivity index (χ4n) is 2.21. The number of ketones is 1.